The molecule has 7 nitrogen and oxygen atoms in total. The zero-order valence-electron chi connectivity index (χ0n) is 11.1. The van der Waals surface area contributed by atoms with E-state index in [0.717, 1.165) is 5.56 Å². The van der Waals surface area contributed by atoms with Crippen LogP contribution in [0.15, 0.2) is 39.4 Å². The third-order valence-electron chi connectivity index (χ3n) is 3.05. The van der Waals surface area contributed by atoms with Crippen molar-refractivity contribution >= 4 is 18.2 Å². The SMILES string of the molecule is C=c1nc2c(c(=O)n1C)=NC(c1ccncc1)=NN2C. The van der Waals surface area contributed by atoms with Gasteiger partial charge in [-0.1, -0.05) is 6.58 Å². The number of hydrogen-bond donors (Lipinski definition) is 0. The topological polar surface area (TPSA) is 75.7 Å². The summed E-state index contributed by atoms with van der Waals surface area (Å²) in [5.41, 5.74) is 0.921. The van der Waals surface area contributed by atoms with Gasteiger partial charge in [-0.15, -0.1) is 0 Å². The molecule has 0 atom stereocenters. The van der Waals surface area contributed by atoms with E-state index in [-0.39, 0.29) is 10.9 Å². The predicted molar refractivity (Wildman–Crippen MR) is 75.0 cm³/mol. The van der Waals surface area contributed by atoms with Gasteiger partial charge >= 0.3 is 0 Å². The van der Waals surface area contributed by atoms with Crippen LogP contribution in [0.4, 0.5) is 5.82 Å². The maximum atomic E-state index is 12.3. The molecule has 0 aromatic carbocycles. The van der Waals surface area contributed by atoms with E-state index in [0.29, 0.717) is 17.1 Å². The smallest absolute Gasteiger partial charge is 0.281 e. The lowest BCUT2D eigenvalue weighted by atomic mass is 10.2. The number of rotatable bonds is 1. The summed E-state index contributed by atoms with van der Waals surface area (Å²) in [5.74, 6) is 0.869. The number of aromatic nitrogens is 3. The molecular weight excluding hydrogens is 256 g/mol. The first-order valence-electron chi connectivity index (χ1n) is 5.95. The fourth-order valence-corrected chi connectivity index (χ4v) is 1.89. The molecule has 0 fully saturated rings. The Morgan fingerprint density at radius 1 is 1.20 bits per heavy atom. The minimum absolute atomic E-state index is 0.242. The standard InChI is InChI=1S/C13H12N6O/c1-8-15-12-10(13(20)18(8)2)16-11(17-19(12)3)9-4-6-14-7-5-9/h4-7H,1H2,2-3H3. The second-order valence-corrected chi connectivity index (χ2v) is 4.36. The van der Waals surface area contributed by atoms with Crippen molar-refractivity contribution in [2.45, 2.75) is 0 Å². The summed E-state index contributed by atoms with van der Waals surface area (Å²) in [6.07, 6.45) is 3.30. The van der Waals surface area contributed by atoms with Gasteiger partial charge in [-0.05, 0) is 12.1 Å². The first kappa shape index (κ1) is 12.2. The maximum Gasteiger partial charge on any atom is 0.281 e. The molecule has 7 heteroatoms. The minimum Gasteiger partial charge on any atom is -0.295 e. The van der Waals surface area contributed by atoms with E-state index in [1.165, 1.54) is 9.58 Å². The van der Waals surface area contributed by atoms with Crippen LogP contribution in [0.2, 0.25) is 0 Å². The van der Waals surface area contributed by atoms with Crippen molar-refractivity contribution < 1.29 is 0 Å². The minimum atomic E-state index is -0.242. The highest BCUT2D eigenvalue weighted by atomic mass is 16.1. The van der Waals surface area contributed by atoms with Crippen LogP contribution in [0.3, 0.4) is 0 Å². The van der Waals surface area contributed by atoms with Crippen LogP contribution in [0.5, 0.6) is 0 Å². The molecule has 0 radical (unpaired) electrons. The van der Waals surface area contributed by atoms with E-state index >= 15 is 0 Å². The molecule has 3 rings (SSSR count). The van der Waals surface area contributed by atoms with Crippen LogP contribution in [-0.2, 0) is 7.05 Å². The third kappa shape index (κ3) is 1.80. The summed E-state index contributed by atoms with van der Waals surface area (Å²) in [6, 6.07) is 3.57. The number of nitrogens with zero attached hydrogens (tertiary/aromatic N) is 6. The second kappa shape index (κ2) is 4.37. The first-order valence-corrected chi connectivity index (χ1v) is 5.95. The first-order chi connectivity index (χ1) is 9.58. The van der Waals surface area contributed by atoms with Crippen LogP contribution in [0, 0.1) is 0 Å². The normalized spacial score (nSPS) is 13.5. The maximum absolute atomic E-state index is 12.3. The number of hydrogen-bond acceptors (Lipinski definition) is 6. The molecular formula is C13H12N6O. The average Bonchev–Trinajstić information content (AvgIpc) is 2.47. The zero-order chi connectivity index (χ0) is 14.3. The predicted octanol–water partition coefficient (Wildman–Crippen LogP) is -0.983. The lowest BCUT2D eigenvalue weighted by Gasteiger charge is -2.17. The highest BCUT2D eigenvalue weighted by Crippen LogP contribution is 2.08. The highest BCUT2D eigenvalue weighted by Gasteiger charge is 2.17. The number of amidine groups is 1. The van der Waals surface area contributed by atoms with Crippen molar-refractivity contribution in [2.75, 3.05) is 12.1 Å². The Morgan fingerprint density at radius 2 is 1.90 bits per heavy atom. The van der Waals surface area contributed by atoms with Crippen molar-refractivity contribution in [3.63, 3.8) is 0 Å². The van der Waals surface area contributed by atoms with E-state index < -0.39 is 0 Å². The fraction of sp³-hybridized carbons (Fsp3) is 0.154. The van der Waals surface area contributed by atoms with Gasteiger partial charge in [0.25, 0.3) is 5.56 Å². The lowest BCUT2D eigenvalue weighted by molar-refractivity contribution is 0.752. The van der Waals surface area contributed by atoms with Crippen molar-refractivity contribution in [1.82, 2.24) is 14.5 Å². The van der Waals surface area contributed by atoms with Gasteiger partial charge in [0.2, 0.25) is 0 Å². The molecule has 0 saturated heterocycles. The largest absolute Gasteiger partial charge is 0.295 e. The van der Waals surface area contributed by atoms with Gasteiger partial charge in [-0.3, -0.25) is 14.3 Å². The number of fused-ring (bicyclic) bond motifs is 1. The van der Waals surface area contributed by atoms with Gasteiger partial charge in [-0.2, -0.15) is 5.10 Å². The quantitative estimate of drug-likeness (QED) is 0.666. The number of hydrazone groups is 1. The summed E-state index contributed by atoms with van der Waals surface area (Å²) in [4.78, 5) is 24.8. The lowest BCUT2D eigenvalue weighted by Crippen LogP contribution is -2.47. The average molecular weight is 268 g/mol. The molecule has 0 saturated carbocycles. The Kier molecular flexibility index (Phi) is 2.67. The molecule has 2 aromatic rings. The highest BCUT2D eigenvalue weighted by molar-refractivity contribution is 6.00. The molecule has 100 valence electrons. The van der Waals surface area contributed by atoms with E-state index in [1.807, 2.05) is 0 Å². The summed E-state index contributed by atoms with van der Waals surface area (Å²) >= 11 is 0. The zero-order valence-corrected chi connectivity index (χ0v) is 11.1. The Morgan fingerprint density at radius 3 is 2.60 bits per heavy atom. The van der Waals surface area contributed by atoms with Gasteiger partial charge in [0.05, 0.1) is 0 Å². The van der Waals surface area contributed by atoms with Crippen molar-refractivity contribution in [3.05, 3.63) is 51.3 Å². The Labute approximate surface area is 114 Å². The summed E-state index contributed by atoms with van der Waals surface area (Å²) in [6.45, 7) is 3.73. The van der Waals surface area contributed by atoms with E-state index in [1.54, 1.807) is 38.6 Å². The van der Waals surface area contributed by atoms with Gasteiger partial charge in [0.15, 0.2) is 17.0 Å². The molecule has 3 heterocycles. The molecule has 20 heavy (non-hydrogen) atoms. The van der Waals surface area contributed by atoms with Crippen molar-refractivity contribution in [3.8, 4) is 0 Å². The summed E-state index contributed by atoms with van der Waals surface area (Å²) in [5, 5.41) is 6.13. The number of anilines is 1. The molecule has 2 aromatic heterocycles. The molecule has 0 unspecified atom stereocenters. The number of pyridine rings is 1. The van der Waals surface area contributed by atoms with Crippen LogP contribution in [0.25, 0.3) is 6.58 Å². The van der Waals surface area contributed by atoms with E-state index in [2.05, 4.69) is 26.6 Å². The van der Waals surface area contributed by atoms with E-state index in [4.69, 9.17) is 0 Å². The summed E-state index contributed by atoms with van der Waals surface area (Å²) < 4.78 is 1.37. The van der Waals surface area contributed by atoms with Crippen molar-refractivity contribution in [2.24, 2.45) is 17.1 Å². The molecule has 1 aliphatic rings. The Hall–Kier alpha value is -2.83. The van der Waals surface area contributed by atoms with E-state index in [9.17, 15) is 4.79 Å². The third-order valence-corrected chi connectivity index (χ3v) is 3.05. The summed E-state index contributed by atoms with van der Waals surface area (Å²) in [7, 11) is 3.34. The Bertz CT molecular complexity index is 868. The molecule has 0 N–H and O–H groups in total. The Balaban J connectivity index is 2.30. The van der Waals surface area contributed by atoms with Gasteiger partial charge in [0.1, 0.15) is 5.48 Å². The monoisotopic (exact) mass is 268 g/mol. The molecule has 0 amide bonds. The van der Waals surface area contributed by atoms with Crippen LogP contribution >= 0.6 is 0 Å². The van der Waals surface area contributed by atoms with Gasteiger partial charge < -0.3 is 0 Å². The van der Waals surface area contributed by atoms with Crippen LogP contribution in [0.1, 0.15) is 5.56 Å². The van der Waals surface area contributed by atoms with Gasteiger partial charge in [0, 0.05) is 32.1 Å². The van der Waals surface area contributed by atoms with Crippen molar-refractivity contribution in [1.29, 1.82) is 0 Å². The fourth-order valence-electron chi connectivity index (χ4n) is 1.89. The van der Waals surface area contributed by atoms with Crippen LogP contribution in [-0.4, -0.2) is 27.4 Å². The molecule has 0 bridgehead atoms. The molecule has 0 spiro atoms. The van der Waals surface area contributed by atoms with Crippen LogP contribution < -0.4 is 21.4 Å². The second-order valence-electron chi connectivity index (χ2n) is 4.36. The van der Waals surface area contributed by atoms with Gasteiger partial charge in [-0.25, -0.2) is 15.0 Å². The molecule has 0 aliphatic carbocycles. The molecule has 1 aliphatic heterocycles.